The van der Waals surface area contributed by atoms with Crippen molar-refractivity contribution >= 4 is 29.7 Å². The fourth-order valence-corrected chi connectivity index (χ4v) is 27.2. The van der Waals surface area contributed by atoms with Gasteiger partial charge in [0.25, 0.3) is 0 Å². The van der Waals surface area contributed by atoms with E-state index in [-0.39, 0.29) is 76.0 Å². The molecule has 116 heavy (non-hydrogen) atoms. The van der Waals surface area contributed by atoms with E-state index >= 15 is 0 Å². The lowest BCUT2D eigenvalue weighted by molar-refractivity contribution is -0.161. The smallest absolute Gasteiger partial charge is 0.308 e. The summed E-state index contributed by atoms with van der Waals surface area (Å²) in [5.74, 6) is 7.25. The molecule has 0 unspecified atom stereocenters. The average molecular weight is 1590 g/mol. The molecule has 7 saturated carbocycles. The Morgan fingerprint density at radius 1 is 0.362 bits per heavy atom. The van der Waals surface area contributed by atoms with Crippen LogP contribution in [0, 0.1) is 86.3 Å². The summed E-state index contributed by atoms with van der Waals surface area (Å²) in [4.78, 5) is 57.7. The van der Waals surface area contributed by atoms with Gasteiger partial charge >= 0.3 is 23.9 Å². The number of allylic oxidation sites excluding steroid dienone is 4. The maximum atomic E-state index is 12.2. The van der Waals surface area contributed by atoms with Crippen molar-refractivity contribution in [2.75, 3.05) is 0 Å². The Labute approximate surface area is 682 Å². The van der Waals surface area contributed by atoms with E-state index in [1.54, 1.807) is 6.07 Å². The highest BCUT2D eigenvalue weighted by atomic mass is 16.6. The number of phenols is 3. The predicted molar refractivity (Wildman–Crippen MR) is 436 cm³/mol. The van der Waals surface area contributed by atoms with Gasteiger partial charge in [0.15, 0.2) is 5.78 Å². The molecule has 0 heterocycles. The van der Waals surface area contributed by atoms with E-state index in [0.717, 1.165) is 122 Å². The molecule has 15 aliphatic rings. The fraction of sp³-hybridized carbons (Fsp3) is 0.582. The normalized spacial score (nSPS) is 39.8. The highest BCUT2D eigenvalue weighted by molar-refractivity contribution is 5.97. The molecule has 0 aromatic heterocycles. The van der Waals surface area contributed by atoms with Crippen LogP contribution in [0.25, 0.3) is 0 Å². The average Bonchev–Trinajstić information content (AvgIpc) is 1.60. The standard InChI is InChI=1S/C22H28O6.C22H26O4.C18H24O4.C18H22O2.C18H20O2/c1-11(23)27-14-5-7-15-13(10-14)4-6-17-16(15)8-9-22(3)18(17)19(25)20(26)21(22)28-12(2)24;1-13(23)25-16-5-7-17-15(12-16)4-6-19-18(17)10-11-22(3)20(19)8-9-21(22)26-14(2)24;1-18-7-6-12-11-5-3-10(19)8-9(11)2-4-13(12)14(18)15(20)16(21)17(18)22;2*1-18-9-8-14-13-5-3-12(19)10-11(13)2-4-15(14)16(18)6-7-17(18)20/h5,7,10,16-21,25-26H,4,6,8-9H2,1-3H3;5,7-9,12,18-21H,4,6,10-11H2,1-3H3;3,5,8,12-17,19-22H,2,4,6-7H2,1H3;3,5-7,10,14-17,19-20H,2,4,8-9H2,1H3;3,5-7,10,14-16,19H,2,4,8-9H2,1H3/t16-,17-,18-,19-,20-,21+,22+;18-,19-,20+,21+,22+;12-,13-,14-,15-,16-,17+,18+;14-,15-,16+,17+,18+;14-,15-,16+,18+/m11111/s1. The molecule has 0 saturated heterocycles. The lowest BCUT2D eigenvalue weighted by Gasteiger charge is -2.50. The number of aliphatic hydroxyl groups is 6. The Morgan fingerprint density at radius 2 is 0.733 bits per heavy atom. The lowest BCUT2D eigenvalue weighted by atomic mass is 9.55. The summed E-state index contributed by atoms with van der Waals surface area (Å²) >= 11 is 0. The number of aliphatic hydroxyl groups excluding tert-OH is 6. The molecule has 620 valence electrons. The molecule has 0 spiro atoms. The van der Waals surface area contributed by atoms with Crippen LogP contribution in [0.3, 0.4) is 0 Å². The van der Waals surface area contributed by atoms with E-state index in [9.17, 15) is 69.9 Å². The summed E-state index contributed by atoms with van der Waals surface area (Å²) < 4.78 is 21.6. The van der Waals surface area contributed by atoms with Crippen LogP contribution in [0.15, 0.2) is 127 Å². The second kappa shape index (κ2) is 31.3. The van der Waals surface area contributed by atoms with Crippen molar-refractivity contribution in [3.05, 3.63) is 183 Å². The van der Waals surface area contributed by atoms with E-state index in [1.807, 2.05) is 92.7 Å². The van der Waals surface area contributed by atoms with Gasteiger partial charge in [-0.2, -0.15) is 0 Å². The van der Waals surface area contributed by atoms with Crippen LogP contribution in [0.2, 0.25) is 0 Å². The topological polar surface area (TPSA) is 304 Å². The minimum absolute atomic E-state index is 0.0159. The maximum absolute atomic E-state index is 12.2. The van der Waals surface area contributed by atoms with Gasteiger partial charge in [-0.15, -0.1) is 0 Å². The Balaban J connectivity index is 0.000000109. The van der Waals surface area contributed by atoms with Crippen molar-refractivity contribution in [3.8, 4) is 28.7 Å². The molecule has 5 aromatic carbocycles. The van der Waals surface area contributed by atoms with Crippen LogP contribution in [0.4, 0.5) is 0 Å². The number of rotatable bonds is 4. The van der Waals surface area contributed by atoms with E-state index in [0.29, 0.717) is 93.7 Å². The number of hydrogen-bond acceptors (Lipinski definition) is 18. The third kappa shape index (κ3) is 14.2. The SMILES string of the molecule is CC(=O)Oc1ccc2c(c1)CC[C@@H]1[C@@H]2CC[C@]2(C)[C@@H](OC(C)=O)C=C[C@@H]12.CC(=O)Oc1ccc2c(c1)CC[C@H]1[C@@H]3[C@@H](O)[C@@H](O)[C@H](OC(C)=O)[C@@]3(C)CC[C@H]21.C[C@]12CC[C@@H]3c4ccc(O)cc4CC[C@H]3[C@@H]1C=CC2=O.C[C@]12CC[C@@H]3c4ccc(O)cc4CC[C@H]3[C@@H]1C=C[C@@H]2O.C[C@]12CC[C@@H]3c4ccc(O)cc4CC[C@H]3[C@@H]1[C@@H](O)[C@@H](O)[C@@H]2O. The van der Waals surface area contributed by atoms with Crippen molar-refractivity contribution in [1.29, 1.82) is 0 Å². The van der Waals surface area contributed by atoms with Gasteiger partial charge < -0.3 is 64.9 Å². The first kappa shape index (κ1) is 81.8. The van der Waals surface area contributed by atoms with Crippen molar-refractivity contribution in [2.45, 2.75) is 269 Å². The number of fused-ring (bicyclic) bond motifs is 25. The second-order valence-corrected chi connectivity index (χ2v) is 38.8. The predicted octanol–water partition coefficient (Wildman–Crippen LogP) is 15.0. The molecular formula is C98H120O18. The number of benzene rings is 5. The summed E-state index contributed by atoms with van der Waals surface area (Å²) in [6.45, 7) is 16.4. The maximum Gasteiger partial charge on any atom is 0.308 e. The molecule has 20 rings (SSSR count). The molecular weight excluding hydrogens is 1470 g/mol. The first-order valence-corrected chi connectivity index (χ1v) is 43.3. The Bertz CT molecular complexity index is 4730. The van der Waals surface area contributed by atoms with Crippen LogP contribution in [-0.4, -0.2) is 124 Å². The molecule has 28 atom stereocenters. The first-order valence-electron chi connectivity index (χ1n) is 43.3. The van der Waals surface area contributed by atoms with E-state index in [2.05, 4.69) is 63.3 Å². The molecule has 7 fully saturated rings. The third-order valence-electron chi connectivity index (χ3n) is 32.8. The van der Waals surface area contributed by atoms with Gasteiger partial charge in [0.2, 0.25) is 0 Å². The van der Waals surface area contributed by atoms with Crippen LogP contribution in [0.5, 0.6) is 28.7 Å². The van der Waals surface area contributed by atoms with Crippen molar-refractivity contribution in [1.82, 2.24) is 0 Å². The van der Waals surface area contributed by atoms with Gasteiger partial charge in [0, 0.05) is 54.8 Å². The van der Waals surface area contributed by atoms with Crippen LogP contribution in [0.1, 0.15) is 244 Å². The fourth-order valence-electron chi connectivity index (χ4n) is 27.2. The number of ketones is 1. The van der Waals surface area contributed by atoms with Gasteiger partial charge in [0.1, 0.15) is 53.2 Å². The zero-order valence-corrected chi connectivity index (χ0v) is 68.7. The van der Waals surface area contributed by atoms with Crippen molar-refractivity contribution in [3.63, 3.8) is 0 Å². The highest BCUT2D eigenvalue weighted by Crippen LogP contribution is 2.66. The summed E-state index contributed by atoms with van der Waals surface area (Å²) in [5, 5.41) is 91.9. The van der Waals surface area contributed by atoms with Gasteiger partial charge in [-0.1, -0.05) is 89.3 Å². The van der Waals surface area contributed by atoms with E-state index in [4.69, 9.17) is 18.9 Å². The van der Waals surface area contributed by atoms with Gasteiger partial charge in [-0.05, 0) is 346 Å². The van der Waals surface area contributed by atoms with Gasteiger partial charge in [-0.3, -0.25) is 24.0 Å². The summed E-state index contributed by atoms with van der Waals surface area (Å²) in [6, 6.07) is 29.3. The summed E-state index contributed by atoms with van der Waals surface area (Å²) in [7, 11) is 0. The van der Waals surface area contributed by atoms with Crippen LogP contribution in [-0.2, 0) is 65.6 Å². The molecule has 9 N–H and O–H groups in total. The quantitative estimate of drug-likeness (QED) is 0.0459. The van der Waals surface area contributed by atoms with Gasteiger partial charge in [0.05, 0.1) is 24.4 Å². The number of carbonyl (C=O) groups excluding carboxylic acids is 5. The molecule has 15 aliphatic carbocycles. The Hall–Kier alpha value is -7.97. The molecule has 18 nitrogen and oxygen atoms in total. The third-order valence-corrected chi connectivity index (χ3v) is 32.8. The largest absolute Gasteiger partial charge is 0.508 e. The highest BCUT2D eigenvalue weighted by Gasteiger charge is 2.66. The van der Waals surface area contributed by atoms with E-state index < -0.39 is 53.4 Å². The van der Waals surface area contributed by atoms with Crippen LogP contribution < -0.4 is 9.47 Å². The summed E-state index contributed by atoms with van der Waals surface area (Å²) in [6.07, 6.45) is 27.0. The number of carbonyl (C=O) groups is 5. The summed E-state index contributed by atoms with van der Waals surface area (Å²) in [5.41, 5.74) is 12.2. The number of aryl methyl sites for hydroxylation is 5. The number of aromatic hydroxyl groups is 3. The molecule has 18 heteroatoms. The van der Waals surface area contributed by atoms with Crippen LogP contribution >= 0.6 is 0 Å². The number of hydrogen-bond donors (Lipinski definition) is 9. The molecule has 5 aromatic rings. The minimum atomic E-state index is -1.05. The molecule has 0 radical (unpaired) electrons. The number of phenolic OH excluding ortho intramolecular Hbond substituents is 3. The number of ether oxygens (including phenoxy) is 4. The second-order valence-electron chi connectivity index (χ2n) is 38.8. The van der Waals surface area contributed by atoms with Crippen molar-refractivity contribution < 1.29 is 88.9 Å². The monoisotopic (exact) mass is 1580 g/mol. The molecule has 0 amide bonds. The zero-order chi connectivity index (χ0) is 82.1. The minimum Gasteiger partial charge on any atom is -0.508 e. The Morgan fingerprint density at radius 3 is 1.20 bits per heavy atom. The van der Waals surface area contributed by atoms with Gasteiger partial charge in [-0.25, -0.2) is 0 Å². The van der Waals surface area contributed by atoms with E-state index in [1.165, 1.54) is 89.8 Å². The first-order chi connectivity index (χ1) is 55.2. The molecule has 0 aliphatic heterocycles. The lowest BCUT2D eigenvalue weighted by Crippen LogP contribution is -2.47. The zero-order valence-electron chi connectivity index (χ0n) is 68.7. The number of esters is 4. The Kier molecular flexibility index (Phi) is 22.1. The molecule has 0 bridgehead atoms. The van der Waals surface area contributed by atoms with Crippen molar-refractivity contribution in [2.24, 2.45) is 86.3 Å².